The molecule has 1 heterocycles. The number of halogens is 3. The van der Waals surface area contributed by atoms with Crippen LogP contribution in [0.15, 0.2) is 40.9 Å². The second-order valence-electron chi connectivity index (χ2n) is 4.80. The van der Waals surface area contributed by atoms with E-state index in [2.05, 4.69) is 15.9 Å². The topological polar surface area (TPSA) is 35.2 Å². The second-order valence-corrected chi connectivity index (χ2v) is 6.52. The SMILES string of the molecule is N[C@H]1CC(c2ccc(Cl)cc2Br)Oc2ccc(Cl)cc21. The molecule has 3 rings (SSSR count). The molecular weight excluding hydrogens is 361 g/mol. The largest absolute Gasteiger partial charge is 0.485 e. The predicted octanol–water partition coefficient (Wildman–Crippen LogP) is 5.28. The molecule has 0 saturated heterocycles. The Morgan fingerprint density at radius 3 is 2.50 bits per heavy atom. The van der Waals surface area contributed by atoms with E-state index >= 15 is 0 Å². The number of benzene rings is 2. The van der Waals surface area contributed by atoms with Gasteiger partial charge in [-0.05, 0) is 30.3 Å². The second kappa shape index (κ2) is 5.57. The maximum atomic E-state index is 6.24. The fourth-order valence-corrected chi connectivity index (χ4v) is 3.55. The van der Waals surface area contributed by atoms with Crippen molar-refractivity contribution in [2.45, 2.75) is 18.6 Å². The Morgan fingerprint density at radius 1 is 1.05 bits per heavy atom. The third-order valence-electron chi connectivity index (χ3n) is 3.42. The highest BCUT2D eigenvalue weighted by atomic mass is 79.9. The standard InChI is InChI=1S/C15H12BrCl2NO/c16-12-6-9(18)1-3-10(12)15-7-13(19)11-5-8(17)2-4-14(11)20-15/h1-6,13,15H,7,19H2/t13-,15?/m0/s1. The van der Waals surface area contributed by atoms with Crippen molar-refractivity contribution in [2.24, 2.45) is 5.73 Å². The van der Waals surface area contributed by atoms with Crippen LogP contribution < -0.4 is 10.5 Å². The van der Waals surface area contributed by atoms with Gasteiger partial charge in [0, 0.05) is 38.1 Å². The van der Waals surface area contributed by atoms with E-state index in [9.17, 15) is 0 Å². The number of rotatable bonds is 1. The van der Waals surface area contributed by atoms with Gasteiger partial charge in [0.2, 0.25) is 0 Å². The minimum atomic E-state index is -0.0926. The number of hydrogen-bond acceptors (Lipinski definition) is 2. The summed E-state index contributed by atoms with van der Waals surface area (Å²) in [7, 11) is 0. The lowest BCUT2D eigenvalue weighted by molar-refractivity contribution is 0.161. The van der Waals surface area contributed by atoms with Crippen LogP contribution in [0.2, 0.25) is 10.0 Å². The summed E-state index contributed by atoms with van der Waals surface area (Å²) in [5, 5.41) is 1.36. The average Bonchev–Trinajstić information content (AvgIpc) is 2.39. The lowest BCUT2D eigenvalue weighted by Gasteiger charge is -2.31. The molecule has 0 aromatic heterocycles. The molecule has 1 unspecified atom stereocenters. The first-order valence-electron chi connectivity index (χ1n) is 6.21. The van der Waals surface area contributed by atoms with Gasteiger partial charge in [-0.3, -0.25) is 0 Å². The van der Waals surface area contributed by atoms with Gasteiger partial charge in [-0.1, -0.05) is 45.2 Å². The minimum absolute atomic E-state index is 0.0923. The molecule has 0 radical (unpaired) electrons. The van der Waals surface area contributed by atoms with Gasteiger partial charge in [-0.25, -0.2) is 0 Å². The summed E-state index contributed by atoms with van der Waals surface area (Å²) in [6.07, 6.45) is 0.610. The Morgan fingerprint density at radius 2 is 1.75 bits per heavy atom. The van der Waals surface area contributed by atoms with Crippen LogP contribution in [0.4, 0.5) is 0 Å². The molecule has 0 bridgehead atoms. The molecule has 0 amide bonds. The van der Waals surface area contributed by atoms with Crippen LogP contribution in [0.5, 0.6) is 5.75 Å². The van der Waals surface area contributed by atoms with Crippen molar-refractivity contribution < 1.29 is 4.74 Å². The van der Waals surface area contributed by atoms with Gasteiger partial charge in [-0.2, -0.15) is 0 Å². The van der Waals surface area contributed by atoms with Crippen molar-refractivity contribution in [1.29, 1.82) is 0 Å². The number of nitrogens with two attached hydrogens (primary N) is 1. The van der Waals surface area contributed by atoms with Gasteiger partial charge in [0.15, 0.2) is 0 Å². The molecule has 0 spiro atoms. The van der Waals surface area contributed by atoms with Crippen LogP contribution in [0.3, 0.4) is 0 Å². The molecule has 0 fully saturated rings. The molecule has 104 valence electrons. The number of hydrogen-bond donors (Lipinski definition) is 1. The smallest absolute Gasteiger partial charge is 0.127 e. The van der Waals surface area contributed by atoms with Crippen molar-refractivity contribution in [1.82, 2.24) is 0 Å². The van der Waals surface area contributed by atoms with E-state index in [4.69, 9.17) is 33.7 Å². The molecule has 2 aromatic rings. The summed E-state index contributed by atoms with van der Waals surface area (Å²) >= 11 is 15.5. The molecule has 1 aliphatic heterocycles. The molecule has 2 N–H and O–H groups in total. The van der Waals surface area contributed by atoms with E-state index in [1.54, 1.807) is 0 Å². The van der Waals surface area contributed by atoms with Gasteiger partial charge < -0.3 is 10.5 Å². The maximum Gasteiger partial charge on any atom is 0.127 e. The van der Waals surface area contributed by atoms with E-state index < -0.39 is 0 Å². The normalized spacial score (nSPS) is 21.2. The van der Waals surface area contributed by atoms with E-state index in [0.717, 1.165) is 21.3 Å². The van der Waals surface area contributed by atoms with Gasteiger partial charge in [0.05, 0.1) is 0 Å². The number of fused-ring (bicyclic) bond motifs is 1. The fourth-order valence-electron chi connectivity index (χ4n) is 2.43. The van der Waals surface area contributed by atoms with Crippen LogP contribution in [-0.2, 0) is 0 Å². The minimum Gasteiger partial charge on any atom is -0.485 e. The molecule has 1 aliphatic rings. The quantitative estimate of drug-likeness (QED) is 0.738. The van der Waals surface area contributed by atoms with Gasteiger partial charge in [0.25, 0.3) is 0 Å². The molecule has 0 saturated carbocycles. The summed E-state index contributed by atoms with van der Waals surface area (Å²) in [5.74, 6) is 0.792. The Hall–Kier alpha value is -0.740. The molecular formula is C15H12BrCl2NO. The first kappa shape index (κ1) is 14.2. The van der Waals surface area contributed by atoms with Crippen LogP contribution in [-0.4, -0.2) is 0 Å². The van der Waals surface area contributed by atoms with Crippen molar-refractivity contribution in [3.63, 3.8) is 0 Å². The van der Waals surface area contributed by atoms with Gasteiger partial charge >= 0.3 is 0 Å². The Labute approximate surface area is 136 Å². The maximum absolute atomic E-state index is 6.24. The predicted molar refractivity (Wildman–Crippen MR) is 85.5 cm³/mol. The third-order valence-corrected chi connectivity index (χ3v) is 4.57. The zero-order valence-electron chi connectivity index (χ0n) is 10.4. The van der Waals surface area contributed by atoms with Crippen LogP contribution >= 0.6 is 39.1 Å². The summed E-state index contributed by atoms with van der Waals surface area (Å²) in [4.78, 5) is 0. The van der Waals surface area contributed by atoms with Crippen molar-refractivity contribution in [3.8, 4) is 5.75 Å². The average molecular weight is 373 g/mol. The van der Waals surface area contributed by atoms with Crippen LogP contribution in [0.25, 0.3) is 0 Å². The molecule has 2 atom stereocenters. The molecule has 2 aromatic carbocycles. The Kier molecular flexibility index (Phi) is 3.95. The first-order valence-corrected chi connectivity index (χ1v) is 7.76. The molecule has 0 aliphatic carbocycles. The molecule has 5 heteroatoms. The lowest BCUT2D eigenvalue weighted by Crippen LogP contribution is -2.24. The number of ether oxygens (including phenoxy) is 1. The van der Waals surface area contributed by atoms with Gasteiger partial charge in [0.1, 0.15) is 11.9 Å². The van der Waals surface area contributed by atoms with Crippen molar-refractivity contribution >= 4 is 39.1 Å². The van der Waals surface area contributed by atoms with Crippen molar-refractivity contribution in [3.05, 3.63) is 62.0 Å². The third kappa shape index (κ3) is 2.68. The van der Waals surface area contributed by atoms with Gasteiger partial charge in [-0.15, -0.1) is 0 Å². The molecule has 2 nitrogen and oxygen atoms in total. The first-order chi connectivity index (χ1) is 9.54. The highest BCUT2D eigenvalue weighted by molar-refractivity contribution is 9.10. The highest BCUT2D eigenvalue weighted by Crippen LogP contribution is 2.42. The van der Waals surface area contributed by atoms with E-state index in [1.165, 1.54) is 0 Å². The monoisotopic (exact) mass is 371 g/mol. The van der Waals surface area contributed by atoms with Crippen LogP contribution in [0.1, 0.15) is 29.7 Å². The van der Waals surface area contributed by atoms with Crippen LogP contribution in [0, 0.1) is 0 Å². The summed E-state index contributed by atoms with van der Waals surface area (Å²) < 4.78 is 6.98. The van der Waals surface area contributed by atoms with Crippen molar-refractivity contribution in [2.75, 3.05) is 0 Å². The van der Waals surface area contributed by atoms with E-state index in [-0.39, 0.29) is 12.1 Å². The molecule has 20 heavy (non-hydrogen) atoms. The van der Waals surface area contributed by atoms with E-state index in [1.807, 2.05) is 36.4 Å². The summed E-state index contributed by atoms with van der Waals surface area (Å²) in [6, 6.07) is 11.1. The zero-order chi connectivity index (χ0) is 14.3. The lowest BCUT2D eigenvalue weighted by atomic mass is 9.93. The summed E-state index contributed by atoms with van der Waals surface area (Å²) in [5.41, 5.74) is 8.25. The Bertz CT molecular complexity index is 662. The summed E-state index contributed by atoms with van der Waals surface area (Å²) in [6.45, 7) is 0. The van der Waals surface area contributed by atoms with E-state index in [0.29, 0.717) is 16.5 Å². The fraction of sp³-hybridized carbons (Fsp3) is 0.200. The highest BCUT2D eigenvalue weighted by Gasteiger charge is 2.28. The Balaban J connectivity index is 1.97. The zero-order valence-corrected chi connectivity index (χ0v) is 13.5.